The fraction of sp³-hybridized carbons (Fsp3) is 0. The number of hydrogen-bond acceptors (Lipinski definition) is 1. The molecule has 0 aliphatic rings. The Bertz CT molecular complexity index is 2850. The standard InChI is InChI=1S/C42H26O/c1-2-11-28-24-32(21-20-27(28)10-1)42-36-17-5-3-15-34(36)41(35-16-4-6-18-37(35)42)31-13-9-12-29(25-31)30-22-23-40-38(26-30)33-14-7-8-19-39(33)43-40/h1-26H/i1D,2D,10D,11D,20D,21D,24D. The Morgan fingerprint density at radius 3 is 1.72 bits per heavy atom. The van der Waals surface area contributed by atoms with E-state index in [1.807, 2.05) is 78.9 Å². The van der Waals surface area contributed by atoms with Gasteiger partial charge in [0.1, 0.15) is 11.2 Å². The van der Waals surface area contributed by atoms with E-state index in [0.29, 0.717) is 5.56 Å². The van der Waals surface area contributed by atoms with Crippen LogP contribution in [0.2, 0.25) is 0 Å². The third-order valence-corrected chi connectivity index (χ3v) is 8.29. The highest BCUT2D eigenvalue weighted by atomic mass is 16.3. The van der Waals surface area contributed by atoms with Crippen LogP contribution in [0.4, 0.5) is 0 Å². The van der Waals surface area contributed by atoms with Gasteiger partial charge in [0, 0.05) is 10.8 Å². The van der Waals surface area contributed by atoms with Gasteiger partial charge in [0.15, 0.2) is 0 Å². The number of rotatable bonds is 3. The van der Waals surface area contributed by atoms with Gasteiger partial charge in [-0.1, -0.05) is 127 Å². The van der Waals surface area contributed by atoms with Crippen LogP contribution in [-0.4, -0.2) is 0 Å². The van der Waals surface area contributed by atoms with Crippen LogP contribution in [0.3, 0.4) is 0 Å². The van der Waals surface area contributed by atoms with Gasteiger partial charge >= 0.3 is 0 Å². The van der Waals surface area contributed by atoms with Crippen molar-refractivity contribution in [1.29, 1.82) is 0 Å². The minimum absolute atomic E-state index is 0.0562. The van der Waals surface area contributed by atoms with Crippen LogP contribution in [-0.2, 0) is 0 Å². The van der Waals surface area contributed by atoms with E-state index in [1.54, 1.807) is 0 Å². The molecule has 43 heavy (non-hydrogen) atoms. The van der Waals surface area contributed by atoms with Crippen molar-refractivity contribution in [1.82, 2.24) is 0 Å². The Morgan fingerprint density at radius 2 is 0.977 bits per heavy atom. The molecule has 0 aliphatic heterocycles. The molecule has 0 saturated carbocycles. The first kappa shape index (κ1) is 18.0. The lowest BCUT2D eigenvalue weighted by atomic mass is 9.85. The summed E-state index contributed by atoms with van der Waals surface area (Å²) in [5.74, 6) is 0. The van der Waals surface area contributed by atoms with E-state index < -0.39 is 18.1 Å². The number of benzene rings is 8. The zero-order chi connectivity index (χ0) is 34.4. The molecule has 0 saturated heterocycles. The molecule has 0 spiro atoms. The molecule has 0 atom stereocenters. The molecule has 0 radical (unpaired) electrons. The van der Waals surface area contributed by atoms with Crippen molar-refractivity contribution in [3.63, 3.8) is 0 Å². The van der Waals surface area contributed by atoms with Gasteiger partial charge in [-0.2, -0.15) is 0 Å². The topological polar surface area (TPSA) is 13.1 Å². The van der Waals surface area contributed by atoms with Crippen LogP contribution in [0, 0.1) is 0 Å². The predicted molar refractivity (Wildman–Crippen MR) is 183 cm³/mol. The molecule has 1 nitrogen and oxygen atoms in total. The zero-order valence-corrected chi connectivity index (χ0v) is 22.9. The van der Waals surface area contributed by atoms with Crippen LogP contribution >= 0.6 is 0 Å². The van der Waals surface area contributed by atoms with Crippen LogP contribution in [0.15, 0.2) is 162 Å². The van der Waals surface area contributed by atoms with Gasteiger partial charge in [0.2, 0.25) is 0 Å². The van der Waals surface area contributed by atoms with Crippen molar-refractivity contribution in [3.05, 3.63) is 158 Å². The third-order valence-electron chi connectivity index (χ3n) is 8.29. The highest BCUT2D eigenvalue weighted by Gasteiger charge is 2.17. The maximum absolute atomic E-state index is 9.35. The van der Waals surface area contributed by atoms with E-state index in [-0.39, 0.29) is 40.5 Å². The average Bonchev–Trinajstić information content (AvgIpc) is 3.52. The summed E-state index contributed by atoms with van der Waals surface area (Å²) in [5.41, 5.74) is 6.51. The Kier molecular flexibility index (Phi) is 3.95. The van der Waals surface area contributed by atoms with Crippen molar-refractivity contribution >= 4 is 54.3 Å². The molecule has 0 N–H and O–H groups in total. The molecule has 0 fully saturated rings. The summed E-state index contributed by atoms with van der Waals surface area (Å²) >= 11 is 0. The number of fused-ring (bicyclic) bond motifs is 6. The average molecular weight is 554 g/mol. The molecule has 0 aliphatic carbocycles. The molecule has 0 amide bonds. The summed E-state index contributed by atoms with van der Waals surface area (Å²) < 4.78 is 67.2. The van der Waals surface area contributed by atoms with Gasteiger partial charge in [-0.05, 0) is 96.0 Å². The van der Waals surface area contributed by atoms with Crippen molar-refractivity contribution < 1.29 is 14.0 Å². The van der Waals surface area contributed by atoms with Gasteiger partial charge in [-0.3, -0.25) is 0 Å². The lowest BCUT2D eigenvalue weighted by Crippen LogP contribution is -1.91. The van der Waals surface area contributed by atoms with E-state index in [9.17, 15) is 1.37 Å². The lowest BCUT2D eigenvalue weighted by molar-refractivity contribution is 0.669. The summed E-state index contributed by atoms with van der Waals surface area (Å²) in [6.45, 7) is 0. The van der Waals surface area contributed by atoms with E-state index in [4.69, 9.17) is 12.6 Å². The summed E-state index contributed by atoms with van der Waals surface area (Å²) in [7, 11) is 0. The van der Waals surface area contributed by atoms with Gasteiger partial charge in [0.25, 0.3) is 0 Å². The first-order chi connectivity index (χ1) is 24.2. The van der Waals surface area contributed by atoms with Crippen LogP contribution in [0.5, 0.6) is 0 Å². The first-order valence-electron chi connectivity index (χ1n) is 17.7. The van der Waals surface area contributed by atoms with Crippen LogP contribution in [0.1, 0.15) is 9.60 Å². The van der Waals surface area contributed by atoms with Crippen molar-refractivity contribution in [3.8, 4) is 33.4 Å². The second-order valence-electron chi connectivity index (χ2n) is 10.7. The van der Waals surface area contributed by atoms with Crippen molar-refractivity contribution in [2.24, 2.45) is 0 Å². The Labute approximate surface area is 259 Å². The zero-order valence-electron chi connectivity index (χ0n) is 29.9. The largest absolute Gasteiger partial charge is 0.456 e. The molecular formula is C42H26O. The molecule has 8 aromatic carbocycles. The summed E-state index contributed by atoms with van der Waals surface area (Å²) in [6, 6.07) is 35.9. The van der Waals surface area contributed by atoms with E-state index in [2.05, 4.69) is 36.4 Å². The first-order valence-corrected chi connectivity index (χ1v) is 14.2. The maximum atomic E-state index is 9.35. The molecule has 9 aromatic rings. The SMILES string of the molecule is [2H]c1c([2H])c([2H])c2c([2H])c(-c3c4ccccc4c(-c4cccc(-c5ccc6oc7ccccc7c6c5)c4)c4ccccc34)c([2H])c([2H])c2c1[2H]. The normalized spacial score (nSPS) is 14.0. The monoisotopic (exact) mass is 553 g/mol. The summed E-state index contributed by atoms with van der Waals surface area (Å²) in [5, 5.41) is 5.30. The smallest absolute Gasteiger partial charge is 0.135 e. The number of furan rings is 1. The summed E-state index contributed by atoms with van der Waals surface area (Å²) in [4.78, 5) is 0. The molecule has 1 aromatic heterocycles. The van der Waals surface area contributed by atoms with Crippen LogP contribution in [0.25, 0.3) is 87.6 Å². The molecule has 200 valence electrons. The van der Waals surface area contributed by atoms with Gasteiger partial charge < -0.3 is 4.42 Å². The van der Waals surface area contributed by atoms with Gasteiger partial charge in [-0.25, -0.2) is 0 Å². The molecule has 1 heteroatoms. The number of hydrogen-bond donors (Lipinski definition) is 0. The third kappa shape index (κ3) is 3.79. The predicted octanol–water partition coefficient (Wildman–Crippen LogP) is 12.0. The minimum Gasteiger partial charge on any atom is -0.456 e. The van der Waals surface area contributed by atoms with Crippen molar-refractivity contribution in [2.45, 2.75) is 0 Å². The van der Waals surface area contributed by atoms with Gasteiger partial charge in [0.05, 0.1) is 9.60 Å². The molecule has 0 unspecified atom stereocenters. The molecule has 0 bridgehead atoms. The Morgan fingerprint density at radius 1 is 0.395 bits per heavy atom. The summed E-state index contributed by atoms with van der Waals surface area (Å²) in [6.07, 6.45) is 0. The van der Waals surface area contributed by atoms with E-state index in [0.717, 1.165) is 65.7 Å². The molecule has 1 heterocycles. The van der Waals surface area contributed by atoms with Gasteiger partial charge in [-0.15, -0.1) is 0 Å². The fourth-order valence-electron chi connectivity index (χ4n) is 6.37. The Balaban J connectivity index is 1.33. The molecule has 9 rings (SSSR count). The van der Waals surface area contributed by atoms with E-state index >= 15 is 0 Å². The highest BCUT2D eigenvalue weighted by molar-refractivity contribution is 6.22. The number of para-hydroxylation sites is 1. The minimum atomic E-state index is -0.483. The highest BCUT2D eigenvalue weighted by Crippen LogP contribution is 2.44. The Hall–Kier alpha value is -5.66. The second kappa shape index (κ2) is 9.44. The van der Waals surface area contributed by atoms with E-state index in [1.165, 1.54) is 0 Å². The maximum Gasteiger partial charge on any atom is 0.135 e. The lowest BCUT2D eigenvalue weighted by Gasteiger charge is -2.18. The van der Waals surface area contributed by atoms with Crippen LogP contribution < -0.4 is 0 Å². The van der Waals surface area contributed by atoms with Crippen molar-refractivity contribution in [2.75, 3.05) is 0 Å². The molecular weight excluding hydrogens is 520 g/mol. The quantitative estimate of drug-likeness (QED) is 0.198. The second-order valence-corrected chi connectivity index (χ2v) is 10.7. The fourth-order valence-corrected chi connectivity index (χ4v) is 6.37.